The second-order valence-electron chi connectivity index (χ2n) is 13.1. The Balaban J connectivity index is 4.26. The quantitative estimate of drug-likeness (QED) is 0.0639. The normalized spacial score (nSPS) is 14.4. The van der Waals surface area contributed by atoms with Crippen molar-refractivity contribution in [2.24, 2.45) is 0 Å². The molecule has 0 heterocycles. The monoisotopic (exact) mass is 611 g/mol. The molecule has 0 aromatic rings. The van der Waals surface area contributed by atoms with Crippen molar-refractivity contribution in [3.8, 4) is 0 Å². The van der Waals surface area contributed by atoms with Gasteiger partial charge in [0.15, 0.2) is 35.2 Å². The average Bonchev–Trinajstić information content (AvgIpc) is 3.00. The fourth-order valence-electron chi connectivity index (χ4n) is 5.97. The van der Waals surface area contributed by atoms with Gasteiger partial charge in [-0.15, -0.1) is 0 Å². The second kappa shape index (κ2) is 28.4. The van der Waals surface area contributed by atoms with Crippen LogP contribution in [-0.2, 0) is 14.4 Å². The molecule has 6 nitrogen and oxygen atoms in total. The Hall–Kier alpha value is -1.11. The summed E-state index contributed by atoms with van der Waals surface area (Å²) in [4.78, 5) is 37.6. The lowest BCUT2D eigenvalue weighted by Crippen LogP contribution is -2.62. The Bertz CT molecular complexity index is 693. The van der Waals surface area contributed by atoms with Crippen molar-refractivity contribution in [3.05, 3.63) is 0 Å². The maximum atomic E-state index is 13.0. The molecule has 0 rings (SSSR count). The SMILES string of the molecule is CCCCCCCCCCCCCCCC(=O)C(O)C(O)(C(=O)CCCCCCCCCCCCCCC)C(O)C(C)=O. The highest BCUT2D eigenvalue weighted by Crippen LogP contribution is 2.25. The van der Waals surface area contributed by atoms with Crippen molar-refractivity contribution in [3.63, 3.8) is 0 Å². The van der Waals surface area contributed by atoms with Crippen LogP contribution in [0.4, 0.5) is 0 Å². The first kappa shape index (κ1) is 41.9. The minimum Gasteiger partial charge on any atom is -0.382 e. The van der Waals surface area contributed by atoms with Crippen molar-refractivity contribution in [1.29, 1.82) is 0 Å². The van der Waals surface area contributed by atoms with Gasteiger partial charge in [-0.3, -0.25) is 14.4 Å². The minimum atomic E-state index is -2.78. The molecule has 0 aliphatic heterocycles. The summed E-state index contributed by atoms with van der Waals surface area (Å²) in [7, 11) is 0. The van der Waals surface area contributed by atoms with Gasteiger partial charge < -0.3 is 15.3 Å². The van der Waals surface area contributed by atoms with Gasteiger partial charge >= 0.3 is 0 Å². The number of hydrogen-bond donors (Lipinski definition) is 3. The zero-order valence-electron chi connectivity index (χ0n) is 28.5. The van der Waals surface area contributed by atoms with Crippen molar-refractivity contribution in [1.82, 2.24) is 0 Å². The van der Waals surface area contributed by atoms with Crippen molar-refractivity contribution in [2.75, 3.05) is 0 Å². The molecule has 254 valence electrons. The van der Waals surface area contributed by atoms with Gasteiger partial charge in [-0.1, -0.05) is 168 Å². The zero-order chi connectivity index (χ0) is 32.2. The summed E-state index contributed by atoms with van der Waals surface area (Å²) >= 11 is 0. The van der Waals surface area contributed by atoms with Crippen LogP contribution in [0.3, 0.4) is 0 Å². The van der Waals surface area contributed by atoms with E-state index in [1.807, 2.05) is 0 Å². The van der Waals surface area contributed by atoms with E-state index >= 15 is 0 Å². The van der Waals surface area contributed by atoms with Gasteiger partial charge in [-0.2, -0.15) is 0 Å². The molecular weight excluding hydrogens is 540 g/mol. The van der Waals surface area contributed by atoms with Crippen LogP contribution in [0.1, 0.15) is 201 Å². The Morgan fingerprint density at radius 1 is 0.465 bits per heavy atom. The largest absolute Gasteiger partial charge is 0.382 e. The van der Waals surface area contributed by atoms with E-state index < -0.39 is 35.2 Å². The Labute approximate surface area is 265 Å². The molecule has 43 heavy (non-hydrogen) atoms. The van der Waals surface area contributed by atoms with Crippen LogP contribution >= 0.6 is 0 Å². The van der Waals surface area contributed by atoms with Gasteiger partial charge in [0.2, 0.25) is 0 Å². The highest BCUT2D eigenvalue weighted by Gasteiger charge is 2.53. The molecule has 0 radical (unpaired) electrons. The molecule has 0 saturated carbocycles. The van der Waals surface area contributed by atoms with Gasteiger partial charge in [0, 0.05) is 12.8 Å². The van der Waals surface area contributed by atoms with Crippen LogP contribution in [0.5, 0.6) is 0 Å². The van der Waals surface area contributed by atoms with E-state index in [0.717, 1.165) is 45.4 Å². The van der Waals surface area contributed by atoms with Crippen LogP contribution in [-0.4, -0.2) is 50.5 Å². The first-order valence-corrected chi connectivity index (χ1v) is 18.4. The maximum Gasteiger partial charge on any atom is 0.189 e. The molecule has 3 unspecified atom stereocenters. The van der Waals surface area contributed by atoms with Gasteiger partial charge in [0.1, 0.15) is 0 Å². The molecule has 3 atom stereocenters. The standard InChI is InChI=1S/C37H70O6/c1-4-6-8-10-12-14-16-18-20-22-24-26-28-30-33(39)36(42)37(43,35(41)32(3)38)34(40)31-29-27-25-23-21-19-17-15-13-11-9-7-5-2/h35-36,41-43H,4-31H2,1-3H3. The summed E-state index contributed by atoms with van der Waals surface area (Å²) in [6.45, 7) is 5.52. The Kier molecular flexibility index (Phi) is 27.6. The van der Waals surface area contributed by atoms with Crippen LogP contribution in [0, 0.1) is 0 Å². The maximum absolute atomic E-state index is 13.0. The third kappa shape index (κ3) is 20.5. The summed E-state index contributed by atoms with van der Waals surface area (Å²) in [6.07, 6.45) is 25.8. The summed E-state index contributed by atoms with van der Waals surface area (Å²) in [5.74, 6) is -2.36. The first-order valence-electron chi connectivity index (χ1n) is 18.4. The van der Waals surface area contributed by atoms with Gasteiger partial charge in [-0.05, 0) is 19.8 Å². The number of carbonyl (C=O) groups is 3. The number of carbonyl (C=O) groups excluding carboxylic acids is 3. The first-order chi connectivity index (χ1) is 20.7. The summed E-state index contributed by atoms with van der Waals surface area (Å²) in [5, 5.41) is 32.1. The van der Waals surface area contributed by atoms with E-state index in [2.05, 4.69) is 13.8 Å². The number of unbranched alkanes of at least 4 members (excludes halogenated alkanes) is 24. The number of rotatable bonds is 33. The van der Waals surface area contributed by atoms with E-state index in [0.29, 0.717) is 12.8 Å². The molecule has 0 aliphatic rings. The van der Waals surface area contributed by atoms with Crippen LogP contribution in [0.15, 0.2) is 0 Å². The van der Waals surface area contributed by atoms with E-state index in [-0.39, 0.29) is 12.8 Å². The van der Waals surface area contributed by atoms with E-state index in [1.54, 1.807) is 0 Å². The molecule has 0 bridgehead atoms. The predicted molar refractivity (Wildman–Crippen MR) is 178 cm³/mol. The predicted octanol–water partition coefficient (Wildman–Crippen LogP) is 9.13. The van der Waals surface area contributed by atoms with Crippen molar-refractivity contribution >= 4 is 17.3 Å². The van der Waals surface area contributed by atoms with E-state index in [9.17, 15) is 29.7 Å². The molecule has 3 N–H and O–H groups in total. The highest BCUT2D eigenvalue weighted by molar-refractivity contribution is 6.01. The molecular formula is C37H70O6. The lowest BCUT2D eigenvalue weighted by atomic mass is 9.79. The van der Waals surface area contributed by atoms with Crippen molar-refractivity contribution in [2.45, 2.75) is 218 Å². The molecule has 0 spiro atoms. The number of ketones is 3. The highest BCUT2D eigenvalue weighted by atomic mass is 16.4. The lowest BCUT2D eigenvalue weighted by molar-refractivity contribution is -0.181. The molecule has 0 saturated heterocycles. The van der Waals surface area contributed by atoms with Crippen molar-refractivity contribution < 1.29 is 29.7 Å². The van der Waals surface area contributed by atoms with Crippen LogP contribution < -0.4 is 0 Å². The fourth-order valence-corrected chi connectivity index (χ4v) is 5.97. The van der Waals surface area contributed by atoms with E-state index in [1.165, 1.54) is 116 Å². The number of Topliss-reactive ketones (excluding diaryl/α,β-unsaturated/α-hetero) is 3. The van der Waals surface area contributed by atoms with Crippen LogP contribution in [0.25, 0.3) is 0 Å². The van der Waals surface area contributed by atoms with Crippen LogP contribution in [0.2, 0.25) is 0 Å². The Morgan fingerprint density at radius 2 is 0.744 bits per heavy atom. The third-order valence-electron chi connectivity index (χ3n) is 9.00. The summed E-state index contributed by atoms with van der Waals surface area (Å²) < 4.78 is 0. The topological polar surface area (TPSA) is 112 Å². The molecule has 0 aromatic heterocycles. The molecule has 0 aromatic carbocycles. The van der Waals surface area contributed by atoms with Gasteiger partial charge in [-0.25, -0.2) is 0 Å². The molecule has 0 fully saturated rings. The molecule has 0 aliphatic carbocycles. The Morgan fingerprint density at radius 3 is 1.05 bits per heavy atom. The second-order valence-corrected chi connectivity index (χ2v) is 13.1. The number of aliphatic hydroxyl groups is 3. The molecule has 6 heteroatoms. The molecule has 0 amide bonds. The third-order valence-corrected chi connectivity index (χ3v) is 9.00. The summed E-state index contributed by atoms with van der Waals surface area (Å²) in [6, 6.07) is 0. The minimum absolute atomic E-state index is 0.0118. The fraction of sp³-hybridized carbons (Fsp3) is 0.919. The summed E-state index contributed by atoms with van der Waals surface area (Å²) in [5.41, 5.74) is -2.78. The van der Waals surface area contributed by atoms with Gasteiger partial charge in [0.25, 0.3) is 0 Å². The smallest absolute Gasteiger partial charge is 0.189 e. The number of hydrogen-bond acceptors (Lipinski definition) is 6. The lowest BCUT2D eigenvalue weighted by Gasteiger charge is -2.33. The average molecular weight is 611 g/mol. The van der Waals surface area contributed by atoms with Gasteiger partial charge in [0.05, 0.1) is 0 Å². The number of aliphatic hydroxyl groups excluding tert-OH is 2. The zero-order valence-corrected chi connectivity index (χ0v) is 28.5. The van der Waals surface area contributed by atoms with E-state index in [4.69, 9.17) is 0 Å².